The van der Waals surface area contributed by atoms with Crippen molar-refractivity contribution in [1.82, 2.24) is 15.0 Å². The molecule has 3 aromatic rings. The number of amides is 1. The maximum Gasteiger partial charge on any atom is 0.249 e. The maximum atomic E-state index is 14.0. The highest BCUT2D eigenvalue weighted by Crippen LogP contribution is 2.34. The monoisotopic (exact) mass is 369 g/mol. The van der Waals surface area contributed by atoms with Crippen molar-refractivity contribution in [3.8, 4) is 11.4 Å². The Morgan fingerprint density at radius 2 is 1.96 bits per heavy atom. The molecule has 1 atom stereocenters. The largest absolute Gasteiger partial charge is 0.337 e. The third-order valence-corrected chi connectivity index (χ3v) is 4.71. The third kappa shape index (κ3) is 3.45. The second-order valence-corrected chi connectivity index (χ2v) is 6.63. The molecule has 0 spiro atoms. The predicted octanol–water partition coefficient (Wildman–Crippen LogP) is 4.19. The molecule has 1 unspecified atom stereocenters. The molecule has 1 aliphatic rings. The Hall–Kier alpha value is -3.09. The topological polar surface area (TPSA) is 59.2 Å². The van der Waals surface area contributed by atoms with E-state index in [1.807, 2.05) is 31.2 Å². The molecule has 0 bridgehead atoms. The van der Waals surface area contributed by atoms with Gasteiger partial charge in [0.15, 0.2) is 0 Å². The van der Waals surface area contributed by atoms with Gasteiger partial charge >= 0.3 is 0 Å². The first-order valence-corrected chi connectivity index (χ1v) is 8.65. The van der Waals surface area contributed by atoms with Crippen molar-refractivity contribution in [3.05, 3.63) is 71.1 Å². The van der Waals surface area contributed by atoms with E-state index in [0.29, 0.717) is 24.6 Å². The summed E-state index contributed by atoms with van der Waals surface area (Å²) >= 11 is 0. The van der Waals surface area contributed by atoms with Crippen LogP contribution in [-0.2, 0) is 11.3 Å². The fourth-order valence-electron chi connectivity index (χ4n) is 3.23. The van der Waals surface area contributed by atoms with Crippen molar-refractivity contribution in [2.45, 2.75) is 32.4 Å². The van der Waals surface area contributed by atoms with E-state index in [4.69, 9.17) is 4.52 Å². The van der Waals surface area contributed by atoms with Gasteiger partial charge in [0.05, 0.1) is 0 Å². The van der Waals surface area contributed by atoms with Crippen molar-refractivity contribution in [1.29, 1.82) is 0 Å². The highest BCUT2D eigenvalue weighted by Gasteiger charge is 2.36. The minimum absolute atomic E-state index is 0.0463. The van der Waals surface area contributed by atoms with Gasteiger partial charge in [0.2, 0.25) is 17.6 Å². The van der Waals surface area contributed by atoms with Gasteiger partial charge in [0.25, 0.3) is 0 Å². The molecule has 1 saturated heterocycles. The Kier molecular flexibility index (Phi) is 4.43. The van der Waals surface area contributed by atoms with E-state index in [-0.39, 0.29) is 18.0 Å². The van der Waals surface area contributed by atoms with Crippen LogP contribution in [-0.4, -0.2) is 20.9 Å². The van der Waals surface area contributed by atoms with Gasteiger partial charge in [0.1, 0.15) is 17.7 Å². The summed E-state index contributed by atoms with van der Waals surface area (Å²) in [6.45, 7) is 1.94. The number of likely N-dealkylation sites (tertiary alicyclic amines) is 1. The fraction of sp³-hybridized carbons (Fsp3) is 0.250. The van der Waals surface area contributed by atoms with Crippen molar-refractivity contribution >= 4 is 5.91 Å². The molecule has 1 amide bonds. The minimum atomic E-state index is -0.555. The SMILES string of the molecule is Cc1ccc(-c2noc(C3CCC(=O)N3Cc3cc(F)ccc3F)n2)cc1. The molecule has 5 nitrogen and oxygen atoms in total. The number of aryl methyl sites for hydroxylation is 1. The van der Waals surface area contributed by atoms with Gasteiger partial charge in [-0.3, -0.25) is 4.79 Å². The lowest BCUT2D eigenvalue weighted by Crippen LogP contribution is -2.27. The number of halogens is 2. The average Bonchev–Trinajstić information content (AvgIpc) is 3.26. The molecule has 0 N–H and O–H groups in total. The zero-order valence-corrected chi connectivity index (χ0v) is 14.7. The summed E-state index contributed by atoms with van der Waals surface area (Å²) in [5.41, 5.74) is 2.04. The molecule has 1 aliphatic heterocycles. The van der Waals surface area contributed by atoms with Crippen LogP contribution >= 0.6 is 0 Å². The second kappa shape index (κ2) is 6.90. The zero-order chi connectivity index (χ0) is 19.0. The van der Waals surface area contributed by atoms with Crippen LogP contribution in [0.5, 0.6) is 0 Å². The van der Waals surface area contributed by atoms with Crippen LogP contribution in [0.4, 0.5) is 8.78 Å². The third-order valence-electron chi connectivity index (χ3n) is 4.71. The van der Waals surface area contributed by atoms with Crippen molar-refractivity contribution < 1.29 is 18.1 Å². The van der Waals surface area contributed by atoms with Crippen LogP contribution < -0.4 is 0 Å². The van der Waals surface area contributed by atoms with E-state index < -0.39 is 17.7 Å². The smallest absolute Gasteiger partial charge is 0.249 e. The van der Waals surface area contributed by atoms with Gasteiger partial charge in [-0.15, -0.1) is 0 Å². The van der Waals surface area contributed by atoms with Crippen LogP contribution in [0.3, 0.4) is 0 Å². The normalized spacial score (nSPS) is 16.9. The summed E-state index contributed by atoms with van der Waals surface area (Å²) in [5, 5.41) is 4.00. The zero-order valence-electron chi connectivity index (χ0n) is 14.7. The van der Waals surface area contributed by atoms with Crippen molar-refractivity contribution in [2.75, 3.05) is 0 Å². The van der Waals surface area contributed by atoms with Crippen LogP contribution in [0.2, 0.25) is 0 Å². The second-order valence-electron chi connectivity index (χ2n) is 6.63. The van der Waals surface area contributed by atoms with Gasteiger partial charge < -0.3 is 9.42 Å². The molecular formula is C20H17F2N3O2. The molecule has 138 valence electrons. The summed E-state index contributed by atoms with van der Waals surface area (Å²) in [5.74, 6) is -0.525. The highest BCUT2D eigenvalue weighted by atomic mass is 19.1. The van der Waals surface area contributed by atoms with E-state index in [9.17, 15) is 13.6 Å². The van der Waals surface area contributed by atoms with Crippen molar-refractivity contribution in [3.63, 3.8) is 0 Å². The Labute approximate surface area is 154 Å². The Morgan fingerprint density at radius 3 is 2.74 bits per heavy atom. The lowest BCUT2D eigenvalue weighted by atomic mass is 10.1. The van der Waals surface area contributed by atoms with Gasteiger partial charge in [0, 0.05) is 24.1 Å². The molecule has 0 radical (unpaired) electrons. The summed E-state index contributed by atoms with van der Waals surface area (Å²) in [6.07, 6.45) is 0.787. The predicted molar refractivity (Wildman–Crippen MR) is 93.4 cm³/mol. The first kappa shape index (κ1) is 17.3. The van der Waals surface area contributed by atoms with E-state index >= 15 is 0 Å². The Morgan fingerprint density at radius 1 is 1.19 bits per heavy atom. The lowest BCUT2D eigenvalue weighted by molar-refractivity contribution is -0.130. The van der Waals surface area contributed by atoms with E-state index in [1.165, 1.54) is 4.90 Å². The number of aromatic nitrogens is 2. The van der Waals surface area contributed by atoms with Crippen LogP contribution in [0, 0.1) is 18.6 Å². The Bertz CT molecular complexity index is 985. The van der Waals surface area contributed by atoms with E-state index in [1.54, 1.807) is 0 Å². The van der Waals surface area contributed by atoms with Gasteiger partial charge in [-0.2, -0.15) is 4.98 Å². The first-order chi connectivity index (χ1) is 13.0. The van der Waals surface area contributed by atoms with Crippen molar-refractivity contribution in [2.24, 2.45) is 0 Å². The minimum Gasteiger partial charge on any atom is -0.337 e. The number of hydrogen-bond acceptors (Lipinski definition) is 4. The lowest BCUT2D eigenvalue weighted by Gasteiger charge is -2.22. The molecule has 27 heavy (non-hydrogen) atoms. The van der Waals surface area contributed by atoms with Gasteiger partial charge in [-0.25, -0.2) is 8.78 Å². The van der Waals surface area contributed by atoms with Crippen LogP contribution in [0.25, 0.3) is 11.4 Å². The summed E-state index contributed by atoms with van der Waals surface area (Å²) in [4.78, 5) is 18.2. The molecule has 7 heteroatoms. The Balaban J connectivity index is 1.60. The van der Waals surface area contributed by atoms with Crippen LogP contribution in [0.1, 0.15) is 35.9 Å². The molecule has 0 aliphatic carbocycles. The highest BCUT2D eigenvalue weighted by molar-refractivity contribution is 5.78. The molecule has 1 fully saturated rings. The number of nitrogens with zero attached hydrogens (tertiary/aromatic N) is 3. The fourth-order valence-corrected chi connectivity index (χ4v) is 3.23. The molecule has 0 saturated carbocycles. The van der Waals surface area contributed by atoms with E-state index in [0.717, 1.165) is 29.3 Å². The van der Waals surface area contributed by atoms with Crippen LogP contribution in [0.15, 0.2) is 47.0 Å². The van der Waals surface area contributed by atoms with Gasteiger partial charge in [-0.05, 0) is 31.5 Å². The molecule has 2 aromatic carbocycles. The number of carbonyl (C=O) groups is 1. The average molecular weight is 369 g/mol. The quantitative estimate of drug-likeness (QED) is 0.692. The summed E-state index contributed by atoms with van der Waals surface area (Å²) in [6, 6.07) is 10.4. The summed E-state index contributed by atoms with van der Waals surface area (Å²) in [7, 11) is 0. The number of benzene rings is 2. The number of hydrogen-bond donors (Lipinski definition) is 0. The molecule has 1 aromatic heterocycles. The molecule has 2 heterocycles. The standard InChI is InChI=1S/C20H17F2N3O2/c1-12-2-4-13(5-3-12)19-23-20(27-24-19)17-8-9-18(26)25(17)11-14-10-15(21)6-7-16(14)22/h2-7,10,17H,8-9,11H2,1H3. The summed E-state index contributed by atoms with van der Waals surface area (Å²) < 4.78 is 32.8. The first-order valence-electron chi connectivity index (χ1n) is 8.65. The van der Waals surface area contributed by atoms with Gasteiger partial charge in [-0.1, -0.05) is 35.0 Å². The molecule has 4 rings (SSSR count). The number of rotatable bonds is 4. The maximum absolute atomic E-state index is 14.0. The molecular weight excluding hydrogens is 352 g/mol. The number of carbonyl (C=O) groups excluding carboxylic acids is 1. The van der Waals surface area contributed by atoms with E-state index in [2.05, 4.69) is 10.1 Å².